The van der Waals surface area contributed by atoms with E-state index in [4.69, 9.17) is 10.5 Å². The van der Waals surface area contributed by atoms with Crippen LogP contribution in [0.4, 0.5) is 5.69 Å². The minimum atomic E-state index is -1.18. The molecule has 1 amide bonds. The molecule has 6 N–H and O–H groups in total. The highest BCUT2D eigenvalue weighted by Crippen LogP contribution is 2.33. The summed E-state index contributed by atoms with van der Waals surface area (Å²) in [6.07, 6.45) is 0. The molecule has 0 radical (unpaired) electrons. The van der Waals surface area contributed by atoms with Crippen LogP contribution in [0.1, 0.15) is 40.3 Å². The second kappa shape index (κ2) is 9.01. The number of amides is 1. The van der Waals surface area contributed by atoms with Gasteiger partial charge in [-0.15, -0.1) is 0 Å². The maximum atomic E-state index is 12.6. The van der Waals surface area contributed by atoms with Crippen molar-refractivity contribution in [3.05, 3.63) is 53.2 Å². The number of phenolic OH excluding ortho intramolecular Hbond substituents is 2. The van der Waals surface area contributed by atoms with Crippen molar-refractivity contribution in [2.45, 2.75) is 26.8 Å². The molecule has 0 bridgehead atoms. The standard InChI is InChI=1S/C23H25N3O6/c1-11(2)17(26-22(29)13-7-14(27)9-15(28)8-13)10-32-18-6-4-5-16-20(18)21(24)19(23(30)31)12(3)25-16/h4-9,11,17,27-28H,10H2,1-3H3,(H2,24,25)(H,26,29)(H,30,31). The second-order valence-electron chi connectivity index (χ2n) is 7.81. The van der Waals surface area contributed by atoms with Crippen LogP contribution in [-0.4, -0.2) is 44.8 Å². The van der Waals surface area contributed by atoms with Gasteiger partial charge in [0.1, 0.15) is 29.4 Å². The summed E-state index contributed by atoms with van der Waals surface area (Å²) in [5.74, 6) is -1.78. The summed E-state index contributed by atoms with van der Waals surface area (Å²) in [5.41, 5.74) is 7.06. The molecule has 168 valence electrons. The van der Waals surface area contributed by atoms with Crippen LogP contribution in [0.3, 0.4) is 0 Å². The first-order valence-electron chi connectivity index (χ1n) is 9.97. The van der Waals surface area contributed by atoms with Gasteiger partial charge >= 0.3 is 5.97 Å². The zero-order valence-electron chi connectivity index (χ0n) is 17.9. The Hall–Kier alpha value is -4.01. The van der Waals surface area contributed by atoms with E-state index in [9.17, 15) is 24.9 Å². The van der Waals surface area contributed by atoms with Crippen LogP contribution in [0, 0.1) is 12.8 Å². The molecule has 0 spiro atoms. The number of phenols is 2. The molecular formula is C23H25N3O6. The number of hydrogen-bond acceptors (Lipinski definition) is 7. The van der Waals surface area contributed by atoms with Crippen LogP contribution < -0.4 is 15.8 Å². The van der Waals surface area contributed by atoms with Gasteiger partial charge in [0.25, 0.3) is 5.91 Å². The lowest BCUT2D eigenvalue weighted by Gasteiger charge is -2.23. The molecule has 0 saturated heterocycles. The van der Waals surface area contributed by atoms with Gasteiger partial charge in [-0.1, -0.05) is 19.9 Å². The fourth-order valence-corrected chi connectivity index (χ4v) is 3.39. The highest BCUT2D eigenvalue weighted by Gasteiger charge is 2.22. The van der Waals surface area contributed by atoms with Gasteiger partial charge in [0.2, 0.25) is 0 Å². The maximum absolute atomic E-state index is 12.6. The SMILES string of the molecule is Cc1nc2cccc(OCC(NC(=O)c3cc(O)cc(O)c3)C(C)C)c2c(N)c1C(=O)O. The maximum Gasteiger partial charge on any atom is 0.339 e. The van der Waals surface area contributed by atoms with Gasteiger partial charge < -0.3 is 31.1 Å². The van der Waals surface area contributed by atoms with Crippen LogP contribution in [0.5, 0.6) is 17.2 Å². The molecule has 3 rings (SSSR count). The van der Waals surface area contributed by atoms with Crippen molar-refractivity contribution in [2.75, 3.05) is 12.3 Å². The quantitative estimate of drug-likeness (QED) is 0.376. The highest BCUT2D eigenvalue weighted by atomic mass is 16.5. The number of carboxylic acids is 1. The topological polar surface area (TPSA) is 155 Å². The molecule has 2 aromatic carbocycles. The van der Waals surface area contributed by atoms with Crippen molar-refractivity contribution in [1.29, 1.82) is 0 Å². The molecule has 9 nitrogen and oxygen atoms in total. The van der Waals surface area contributed by atoms with E-state index >= 15 is 0 Å². The number of nitrogen functional groups attached to an aromatic ring is 1. The summed E-state index contributed by atoms with van der Waals surface area (Å²) in [6, 6.07) is 8.30. The zero-order valence-corrected chi connectivity index (χ0v) is 17.9. The van der Waals surface area contributed by atoms with Gasteiger partial charge in [-0.2, -0.15) is 0 Å². The number of benzene rings is 2. The van der Waals surface area contributed by atoms with Crippen LogP contribution in [-0.2, 0) is 0 Å². The summed E-state index contributed by atoms with van der Waals surface area (Å²) in [6.45, 7) is 5.46. The molecule has 3 aromatic rings. The number of carbonyl (C=O) groups excluding carboxylic acids is 1. The summed E-state index contributed by atoms with van der Waals surface area (Å²) in [7, 11) is 0. The lowest BCUT2D eigenvalue weighted by molar-refractivity contribution is 0.0696. The van der Waals surface area contributed by atoms with Crippen molar-refractivity contribution >= 4 is 28.5 Å². The van der Waals surface area contributed by atoms with Crippen molar-refractivity contribution in [3.63, 3.8) is 0 Å². The van der Waals surface area contributed by atoms with E-state index in [-0.39, 0.29) is 40.8 Å². The summed E-state index contributed by atoms with van der Waals surface area (Å²) >= 11 is 0. The van der Waals surface area contributed by atoms with E-state index in [2.05, 4.69) is 10.3 Å². The molecule has 0 fully saturated rings. The van der Waals surface area contributed by atoms with Crippen LogP contribution in [0.25, 0.3) is 10.9 Å². The molecule has 1 unspecified atom stereocenters. The molecule has 0 aliphatic heterocycles. The van der Waals surface area contributed by atoms with E-state index < -0.39 is 17.9 Å². The van der Waals surface area contributed by atoms with E-state index in [1.54, 1.807) is 25.1 Å². The smallest absolute Gasteiger partial charge is 0.339 e. The number of aromatic carboxylic acids is 1. The number of aromatic hydroxyl groups is 2. The Kier molecular flexibility index (Phi) is 6.38. The van der Waals surface area contributed by atoms with Crippen molar-refractivity contribution in [1.82, 2.24) is 10.3 Å². The fraction of sp³-hybridized carbons (Fsp3) is 0.261. The number of nitrogens with two attached hydrogens (primary N) is 1. The van der Waals surface area contributed by atoms with Crippen molar-refractivity contribution in [2.24, 2.45) is 5.92 Å². The van der Waals surface area contributed by atoms with Crippen molar-refractivity contribution < 1.29 is 29.6 Å². The Bertz CT molecular complexity index is 1170. The molecule has 1 aromatic heterocycles. The number of aromatic nitrogens is 1. The van der Waals surface area contributed by atoms with Gasteiger partial charge in [0.05, 0.1) is 28.3 Å². The van der Waals surface area contributed by atoms with Crippen LogP contribution >= 0.6 is 0 Å². The molecule has 0 aliphatic carbocycles. The van der Waals surface area contributed by atoms with Crippen LogP contribution in [0.15, 0.2) is 36.4 Å². The normalized spacial score (nSPS) is 12.0. The lowest BCUT2D eigenvalue weighted by Crippen LogP contribution is -2.42. The predicted octanol–water partition coefficient (Wildman–Crippen LogP) is 3.07. The molecular weight excluding hydrogens is 414 g/mol. The minimum Gasteiger partial charge on any atom is -0.508 e. The third kappa shape index (κ3) is 4.66. The third-order valence-corrected chi connectivity index (χ3v) is 5.11. The van der Waals surface area contributed by atoms with Crippen molar-refractivity contribution in [3.8, 4) is 17.2 Å². The van der Waals surface area contributed by atoms with E-state index in [0.717, 1.165) is 6.07 Å². The zero-order chi connectivity index (χ0) is 23.6. The first-order valence-corrected chi connectivity index (χ1v) is 9.97. The van der Waals surface area contributed by atoms with Crippen LogP contribution in [0.2, 0.25) is 0 Å². The molecule has 32 heavy (non-hydrogen) atoms. The van der Waals surface area contributed by atoms with Gasteiger partial charge in [-0.05, 0) is 37.1 Å². The predicted molar refractivity (Wildman–Crippen MR) is 119 cm³/mol. The largest absolute Gasteiger partial charge is 0.508 e. The van der Waals surface area contributed by atoms with E-state index in [1.807, 2.05) is 13.8 Å². The summed E-state index contributed by atoms with van der Waals surface area (Å²) < 4.78 is 5.96. The number of rotatable bonds is 7. The molecule has 1 heterocycles. The number of anilines is 1. The highest BCUT2D eigenvalue weighted by molar-refractivity contribution is 6.06. The Morgan fingerprint density at radius 1 is 1.16 bits per heavy atom. The number of nitrogens with zero attached hydrogens (tertiary/aromatic N) is 1. The Labute approximate surface area is 184 Å². The second-order valence-corrected chi connectivity index (χ2v) is 7.81. The number of pyridine rings is 1. The van der Waals surface area contributed by atoms with Gasteiger partial charge in [0, 0.05) is 11.6 Å². The Morgan fingerprint density at radius 3 is 2.41 bits per heavy atom. The minimum absolute atomic E-state index is 0.0212. The first-order chi connectivity index (χ1) is 15.1. The summed E-state index contributed by atoms with van der Waals surface area (Å²) in [5, 5.41) is 32.0. The third-order valence-electron chi connectivity index (χ3n) is 5.11. The van der Waals surface area contributed by atoms with E-state index in [0.29, 0.717) is 22.3 Å². The average molecular weight is 439 g/mol. The van der Waals surface area contributed by atoms with Gasteiger partial charge in [-0.25, -0.2) is 4.79 Å². The number of hydrogen-bond donors (Lipinski definition) is 5. The number of carboxylic acid groups (broad SMARTS) is 1. The first kappa shape index (κ1) is 22.7. The number of fused-ring (bicyclic) bond motifs is 1. The van der Waals surface area contributed by atoms with E-state index in [1.165, 1.54) is 12.1 Å². The molecule has 0 saturated carbocycles. The Balaban J connectivity index is 1.87. The molecule has 1 atom stereocenters. The fourth-order valence-electron chi connectivity index (χ4n) is 3.39. The number of aryl methyl sites for hydroxylation is 1. The average Bonchev–Trinajstić information content (AvgIpc) is 2.69. The summed E-state index contributed by atoms with van der Waals surface area (Å²) in [4.78, 5) is 28.6. The van der Waals surface area contributed by atoms with Gasteiger partial charge in [0.15, 0.2) is 0 Å². The van der Waals surface area contributed by atoms with Gasteiger partial charge in [-0.3, -0.25) is 9.78 Å². The monoisotopic (exact) mass is 439 g/mol. The molecule has 0 aliphatic rings. The number of nitrogens with one attached hydrogen (secondary N) is 1. The lowest BCUT2D eigenvalue weighted by atomic mass is 10.0. The number of ether oxygens (including phenoxy) is 1. The molecule has 9 heteroatoms. The number of carbonyl (C=O) groups is 2. The Morgan fingerprint density at radius 2 is 1.81 bits per heavy atom.